The number of aromatic nitrogens is 3. The van der Waals surface area contributed by atoms with E-state index in [-0.39, 0.29) is 28.7 Å². The zero-order chi connectivity index (χ0) is 31.6. The van der Waals surface area contributed by atoms with Crippen LogP contribution in [0.2, 0.25) is 0 Å². The van der Waals surface area contributed by atoms with E-state index in [9.17, 15) is 8.78 Å². The summed E-state index contributed by atoms with van der Waals surface area (Å²) in [5.41, 5.74) is 9.85. The molecule has 0 atom stereocenters. The number of hydrogen-bond acceptors (Lipinski definition) is 9. The van der Waals surface area contributed by atoms with Crippen LogP contribution in [0, 0.1) is 11.6 Å². The number of nitrogens with one attached hydrogen (secondary N) is 1. The molecular weight excluding hydrogens is 572 g/mol. The fraction of sp³-hybridized carbons (Fsp3) is 0.129. The van der Waals surface area contributed by atoms with Gasteiger partial charge in [0.15, 0.2) is 11.7 Å². The highest BCUT2D eigenvalue weighted by molar-refractivity contribution is 6.00. The summed E-state index contributed by atoms with van der Waals surface area (Å²) in [6, 6.07) is 23.0. The molecule has 13 heteroatoms. The number of halogens is 2. The molecule has 0 amide bonds. The van der Waals surface area contributed by atoms with Gasteiger partial charge in [0.2, 0.25) is 5.95 Å². The van der Waals surface area contributed by atoms with E-state index >= 15 is 0 Å². The van der Waals surface area contributed by atoms with Gasteiger partial charge in [-0.25, -0.2) is 19.6 Å². The van der Waals surface area contributed by atoms with Gasteiger partial charge in [-0.05, 0) is 48.5 Å². The number of aliphatic imine (C=N–C) groups is 1. The molecule has 0 radical (unpaired) electrons. The van der Waals surface area contributed by atoms with Crippen molar-refractivity contribution in [2.24, 2.45) is 10.8 Å². The van der Waals surface area contributed by atoms with Crippen LogP contribution in [-0.4, -0.2) is 49.0 Å². The van der Waals surface area contributed by atoms with Gasteiger partial charge in [0.1, 0.15) is 46.0 Å². The molecule has 0 fully saturated rings. The van der Waals surface area contributed by atoms with Crippen LogP contribution in [0.25, 0.3) is 17.1 Å². The first-order valence-electron chi connectivity index (χ1n) is 13.1. The second kappa shape index (κ2) is 14.5. The number of rotatable bonds is 8. The number of hydrogen-bond donors (Lipinski definition) is 3. The Morgan fingerprint density at radius 2 is 1.23 bits per heavy atom. The molecule has 44 heavy (non-hydrogen) atoms. The molecule has 0 aliphatic heterocycles. The maximum absolute atomic E-state index is 14.2. The van der Waals surface area contributed by atoms with Crippen LogP contribution in [0.15, 0.2) is 89.9 Å². The van der Waals surface area contributed by atoms with Gasteiger partial charge in [-0.2, -0.15) is 0 Å². The Bertz CT molecular complexity index is 1720. The molecule has 0 aliphatic rings. The number of methoxy groups -OCH3 is 4. The Morgan fingerprint density at radius 3 is 1.75 bits per heavy atom. The molecular formula is C31H31F2N7O4. The summed E-state index contributed by atoms with van der Waals surface area (Å²) in [5, 5.41) is 7.89. The average molecular weight is 604 g/mol. The zero-order valence-electron chi connectivity index (χ0n) is 24.4. The lowest BCUT2D eigenvalue weighted by Gasteiger charge is -2.16. The predicted molar refractivity (Wildman–Crippen MR) is 164 cm³/mol. The Balaban J connectivity index is 0.000000202. The van der Waals surface area contributed by atoms with E-state index in [4.69, 9.17) is 30.5 Å². The van der Waals surface area contributed by atoms with Crippen molar-refractivity contribution in [2.75, 3.05) is 34.2 Å². The maximum Gasteiger partial charge on any atom is 0.227 e. The SMILES string of the molecule is COc1cccc(OC)c1-n1c(N)nnc1-c1ccccc1F.COc1cccc(OC)c1N=C(NN)c1ccccc1F. The Kier molecular flexibility index (Phi) is 10.3. The number of nitrogens with two attached hydrogens (primary N) is 2. The molecule has 0 saturated carbocycles. The normalized spacial score (nSPS) is 10.8. The van der Waals surface area contributed by atoms with Crippen LogP contribution >= 0.6 is 0 Å². The number of hydrazine groups is 1. The third-order valence-corrected chi connectivity index (χ3v) is 6.32. The molecule has 228 valence electrons. The number of nitrogens with zero attached hydrogens (tertiary/aromatic N) is 4. The lowest BCUT2D eigenvalue weighted by Crippen LogP contribution is -2.31. The molecule has 0 bridgehead atoms. The summed E-state index contributed by atoms with van der Waals surface area (Å²) >= 11 is 0. The van der Waals surface area contributed by atoms with Crippen LogP contribution in [0.3, 0.4) is 0 Å². The minimum atomic E-state index is -0.428. The van der Waals surface area contributed by atoms with E-state index in [0.717, 1.165) is 0 Å². The van der Waals surface area contributed by atoms with Crippen molar-refractivity contribution in [3.8, 4) is 40.1 Å². The fourth-order valence-electron chi connectivity index (χ4n) is 4.26. The number of benzene rings is 4. The van der Waals surface area contributed by atoms with Crippen molar-refractivity contribution in [1.29, 1.82) is 0 Å². The minimum Gasteiger partial charge on any atom is -0.494 e. The van der Waals surface area contributed by atoms with E-state index in [1.807, 2.05) is 0 Å². The van der Waals surface area contributed by atoms with E-state index in [2.05, 4.69) is 20.6 Å². The Morgan fingerprint density at radius 1 is 0.705 bits per heavy atom. The van der Waals surface area contributed by atoms with Crippen LogP contribution in [0.4, 0.5) is 20.4 Å². The number of ether oxygens (including phenoxy) is 4. The highest BCUT2D eigenvalue weighted by Gasteiger charge is 2.22. The van der Waals surface area contributed by atoms with Crippen LogP contribution < -0.4 is 35.9 Å². The summed E-state index contributed by atoms with van der Waals surface area (Å²) in [4.78, 5) is 4.34. The van der Waals surface area contributed by atoms with E-state index in [0.29, 0.717) is 34.4 Å². The van der Waals surface area contributed by atoms with Gasteiger partial charge in [0, 0.05) is 0 Å². The maximum atomic E-state index is 14.2. The standard InChI is InChI=1S/C16H15FN4O2.C15H16FN3O2/c1-22-12-8-5-9-13(23-2)14(12)21-15(19-20-16(21)18)10-6-3-4-7-11(10)17;1-20-12-8-5-9-13(21-2)14(12)18-15(19-17)10-6-3-4-7-11(10)16/h3-9H,1-2H3,(H2,18,20);3-9H,17H2,1-2H3,(H,18,19). The lowest BCUT2D eigenvalue weighted by molar-refractivity contribution is 0.391. The molecule has 11 nitrogen and oxygen atoms in total. The highest BCUT2D eigenvalue weighted by atomic mass is 19.1. The molecule has 1 aromatic heterocycles. The van der Waals surface area contributed by atoms with Gasteiger partial charge in [0.25, 0.3) is 0 Å². The largest absolute Gasteiger partial charge is 0.494 e. The van der Waals surface area contributed by atoms with Gasteiger partial charge >= 0.3 is 0 Å². The quantitative estimate of drug-likeness (QED) is 0.0960. The molecule has 0 spiro atoms. The van der Waals surface area contributed by atoms with Crippen molar-refractivity contribution in [3.63, 3.8) is 0 Å². The van der Waals surface area contributed by atoms with E-state index in [1.54, 1.807) is 72.8 Å². The second-order valence-corrected chi connectivity index (χ2v) is 8.80. The van der Waals surface area contributed by atoms with Crippen molar-refractivity contribution in [1.82, 2.24) is 20.2 Å². The van der Waals surface area contributed by atoms with Gasteiger partial charge in [-0.15, -0.1) is 10.2 Å². The smallest absolute Gasteiger partial charge is 0.227 e. The first-order chi connectivity index (χ1) is 21.4. The molecule has 0 aliphatic carbocycles. The Labute approximate surface area is 252 Å². The molecule has 1 heterocycles. The topological polar surface area (TPSA) is 144 Å². The molecule has 0 unspecified atom stereocenters. The van der Waals surface area contributed by atoms with Gasteiger partial charge in [-0.1, -0.05) is 36.4 Å². The third kappa shape index (κ3) is 6.52. The van der Waals surface area contributed by atoms with Crippen molar-refractivity contribution in [3.05, 3.63) is 102 Å². The highest BCUT2D eigenvalue weighted by Crippen LogP contribution is 2.38. The summed E-state index contributed by atoms with van der Waals surface area (Å²) < 4.78 is 50.8. The minimum absolute atomic E-state index is 0.103. The van der Waals surface area contributed by atoms with Gasteiger partial charge in [-0.3, -0.25) is 4.57 Å². The monoisotopic (exact) mass is 603 g/mol. The van der Waals surface area contributed by atoms with E-state index < -0.39 is 11.6 Å². The van der Waals surface area contributed by atoms with Crippen LogP contribution in [0.5, 0.6) is 23.0 Å². The number of para-hydroxylation sites is 2. The summed E-state index contributed by atoms with van der Waals surface area (Å²) in [7, 11) is 6.10. The summed E-state index contributed by atoms with van der Waals surface area (Å²) in [5.74, 6) is 7.19. The van der Waals surface area contributed by atoms with Gasteiger partial charge < -0.3 is 30.1 Å². The third-order valence-electron chi connectivity index (χ3n) is 6.32. The zero-order valence-corrected chi connectivity index (χ0v) is 24.4. The first-order valence-corrected chi connectivity index (χ1v) is 13.1. The van der Waals surface area contributed by atoms with Crippen LogP contribution in [-0.2, 0) is 0 Å². The van der Waals surface area contributed by atoms with Gasteiger partial charge in [0.05, 0.1) is 39.6 Å². The molecule has 4 aromatic carbocycles. The fourth-order valence-corrected chi connectivity index (χ4v) is 4.26. The first kappa shape index (κ1) is 31.3. The molecule has 0 saturated heterocycles. The lowest BCUT2D eigenvalue weighted by atomic mass is 10.2. The number of amidine groups is 1. The number of nitrogen functional groups attached to an aromatic ring is 1. The van der Waals surface area contributed by atoms with E-state index in [1.165, 1.54) is 45.1 Å². The Hall–Kier alpha value is -5.69. The summed E-state index contributed by atoms with van der Waals surface area (Å²) in [6.45, 7) is 0. The second-order valence-electron chi connectivity index (χ2n) is 8.80. The van der Waals surface area contributed by atoms with Crippen LogP contribution in [0.1, 0.15) is 5.56 Å². The van der Waals surface area contributed by atoms with Crippen molar-refractivity contribution >= 4 is 17.5 Å². The molecule has 5 N–H and O–H groups in total. The van der Waals surface area contributed by atoms with Crippen molar-refractivity contribution < 1.29 is 27.7 Å². The van der Waals surface area contributed by atoms with Crippen molar-refractivity contribution in [2.45, 2.75) is 0 Å². The summed E-state index contributed by atoms with van der Waals surface area (Å²) in [6.07, 6.45) is 0. The predicted octanol–water partition coefficient (Wildman–Crippen LogP) is 5.06. The average Bonchev–Trinajstić information content (AvgIpc) is 3.44. The molecule has 5 rings (SSSR count). The molecule has 5 aromatic rings. The number of anilines is 1.